The van der Waals surface area contributed by atoms with Crippen molar-refractivity contribution in [3.63, 3.8) is 0 Å². The van der Waals surface area contributed by atoms with E-state index in [9.17, 15) is 0 Å². The topological polar surface area (TPSA) is 54.2 Å². The smallest absolute Gasteiger partial charge is 0.124 e. The van der Waals surface area contributed by atoms with E-state index in [2.05, 4.69) is 29.0 Å². The maximum absolute atomic E-state index is 5.64. The van der Waals surface area contributed by atoms with E-state index >= 15 is 0 Å². The van der Waals surface area contributed by atoms with Gasteiger partial charge in [0.05, 0.1) is 5.69 Å². The molecule has 0 spiro atoms. The van der Waals surface area contributed by atoms with Gasteiger partial charge >= 0.3 is 0 Å². The number of thiocarbonyl (C=S) groups is 1. The molecule has 3 N–H and O–H groups in total. The van der Waals surface area contributed by atoms with E-state index in [1.54, 1.807) is 6.20 Å². The monoisotopic (exact) mass is 266 g/mol. The number of aromatic nitrogens is 1. The molecule has 5 heteroatoms. The molecular weight excluding hydrogens is 244 g/mol. The summed E-state index contributed by atoms with van der Waals surface area (Å²) in [4.78, 5) is 6.93. The quantitative estimate of drug-likeness (QED) is 0.703. The maximum Gasteiger partial charge on any atom is 0.124 e. The summed E-state index contributed by atoms with van der Waals surface area (Å²) in [5.41, 5.74) is 7.23. The largest absolute Gasteiger partial charge is 0.388 e. The van der Waals surface area contributed by atoms with Crippen LogP contribution in [0.4, 0.5) is 5.69 Å². The molecule has 0 saturated carbocycles. The molecule has 0 amide bonds. The number of likely N-dealkylation sites (N-methyl/N-ethyl adjacent to an activating group) is 1. The summed E-state index contributed by atoms with van der Waals surface area (Å²) in [7, 11) is 0. The molecule has 0 aromatic carbocycles. The van der Waals surface area contributed by atoms with Crippen molar-refractivity contribution in [2.24, 2.45) is 5.73 Å². The molecule has 1 rings (SSSR count). The van der Waals surface area contributed by atoms with Crippen LogP contribution in [0.15, 0.2) is 18.3 Å². The maximum atomic E-state index is 5.64. The Labute approximate surface area is 115 Å². The van der Waals surface area contributed by atoms with Gasteiger partial charge in [-0.25, -0.2) is 0 Å². The first-order valence-corrected chi connectivity index (χ1v) is 6.80. The fraction of sp³-hybridized carbons (Fsp3) is 0.538. The zero-order valence-corrected chi connectivity index (χ0v) is 12.0. The Morgan fingerprint density at radius 2 is 2.22 bits per heavy atom. The van der Waals surface area contributed by atoms with E-state index in [0.717, 1.165) is 31.9 Å². The standard InChI is InChI=1S/C13H22N4S/c1-3-9-17(4-2)10-8-15-11-6-5-7-16-12(11)13(14)18/h5-7,15H,3-4,8-10H2,1-2H3,(H2,14,18). The Morgan fingerprint density at radius 3 is 2.83 bits per heavy atom. The van der Waals surface area contributed by atoms with Crippen LogP contribution in [0.3, 0.4) is 0 Å². The number of rotatable bonds is 8. The number of hydrogen-bond donors (Lipinski definition) is 2. The third-order valence-electron chi connectivity index (χ3n) is 2.77. The summed E-state index contributed by atoms with van der Waals surface area (Å²) in [6.07, 6.45) is 2.88. The fourth-order valence-electron chi connectivity index (χ4n) is 1.84. The van der Waals surface area contributed by atoms with E-state index in [0.29, 0.717) is 10.7 Å². The van der Waals surface area contributed by atoms with E-state index in [1.807, 2.05) is 12.1 Å². The molecule has 1 aromatic heterocycles. The molecule has 100 valence electrons. The molecule has 0 bridgehead atoms. The van der Waals surface area contributed by atoms with Crippen molar-refractivity contribution < 1.29 is 0 Å². The lowest BCUT2D eigenvalue weighted by molar-refractivity contribution is 0.300. The second-order valence-electron chi connectivity index (χ2n) is 4.12. The van der Waals surface area contributed by atoms with Gasteiger partial charge in [0.15, 0.2) is 0 Å². The number of nitrogens with two attached hydrogens (primary N) is 1. The van der Waals surface area contributed by atoms with Gasteiger partial charge in [0.25, 0.3) is 0 Å². The highest BCUT2D eigenvalue weighted by atomic mass is 32.1. The molecule has 0 aliphatic carbocycles. The Bertz CT molecular complexity index is 381. The molecule has 0 radical (unpaired) electrons. The van der Waals surface area contributed by atoms with E-state index < -0.39 is 0 Å². The van der Waals surface area contributed by atoms with Crippen molar-refractivity contribution in [2.45, 2.75) is 20.3 Å². The normalized spacial score (nSPS) is 10.6. The van der Waals surface area contributed by atoms with Gasteiger partial charge in [-0.05, 0) is 31.6 Å². The van der Waals surface area contributed by atoms with Gasteiger partial charge in [0.1, 0.15) is 10.7 Å². The third-order valence-corrected chi connectivity index (χ3v) is 2.96. The van der Waals surface area contributed by atoms with Crippen LogP contribution in [0.5, 0.6) is 0 Å². The van der Waals surface area contributed by atoms with Crippen molar-refractivity contribution in [3.8, 4) is 0 Å². The number of nitrogens with zero attached hydrogens (tertiary/aromatic N) is 2. The molecule has 0 fully saturated rings. The van der Waals surface area contributed by atoms with Crippen LogP contribution in [0, 0.1) is 0 Å². The van der Waals surface area contributed by atoms with E-state index in [1.165, 1.54) is 6.42 Å². The third kappa shape index (κ3) is 4.58. The zero-order valence-electron chi connectivity index (χ0n) is 11.1. The van der Waals surface area contributed by atoms with Crippen molar-refractivity contribution >= 4 is 22.9 Å². The minimum Gasteiger partial charge on any atom is -0.388 e. The fourth-order valence-corrected chi connectivity index (χ4v) is 2.00. The Morgan fingerprint density at radius 1 is 1.44 bits per heavy atom. The molecule has 0 aliphatic heterocycles. The molecular formula is C13H22N4S. The molecule has 1 aromatic rings. The average molecular weight is 266 g/mol. The predicted octanol–water partition coefficient (Wildman–Crippen LogP) is 1.86. The summed E-state index contributed by atoms with van der Waals surface area (Å²) < 4.78 is 0. The Hall–Kier alpha value is -1.20. The minimum atomic E-state index is 0.332. The molecule has 0 aliphatic rings. The van der Waals surface area contributed by atoms with Crippen molar-refractivity contribution in [2.75, 3.05) is 31.5 Å². The Balaban J connectivity index is 2.50. The van der Waals surface area contributed by atoms with Gasteiger partial charge < -0.3 is 16.0 Å². The average Bonchev–Trinajstić information content (AvgIpc) is 2.38. The summed E-state index contributed by atoms with van der Waals surface area (Å²) in [5, 5.41) is 3.35. The van der Waals surface area contributed by atoms with Crippen LogP contribution < -0.4 is 11.1 Å². The molecule has 0 unspecified atom stereocenters. The lowest BCUT2D eigenvalue weighted by atomic mass is 10.3. The van der Waals surface area contributed by atoms with Gasteiger partial charge in [0, 0.05) is 19.3 Å². The molecule has 0 saturated heterocycles. The van der Waals surface area contributed by atoms with Crippen LogP contribution in [-0.4, -0.2) is 41.1 Å². The first-order valence-electron chi connectivity index (χ1n) is 6.40. The highest BCUT2D eigenvalue weighted by Gasteiger charge is 2.06. The van der Waals surface area contributed by atoms with Gasteiger partial charge in [-0.1, -0.05) is 26.1 Å². The zero-order chi connectivity index (χ0) is 13.4. The van der Waals surface area contributed by atoms with Gasteiger partial charge in [-0.2, -0.15) is 0 Å². The minimum absolute atomic E-state index is 0.332. The highest BCUT2D eigenvalue weighted by molar-refractivity contribution is 7.80. The van der Waals surface area contributed by atoms with Crippen molar-refractivity contribution in [1.29, 1.82) is 0 Å². The van der Waals surface area contributed by atoms with Crippen LogP contribution in [-0.2, 0) is 0 Å². The van der Waals surface area contributed by atoms with Gasteiger partial charge in [-0.15, -0.1) is 0 Å². The van der Waals surface area contributed by atoms with Crippen molar-refractivity contribution in [3.05, 3.63) is 24.0 Å². The summed E-state index contributed by atoms with van der Waals surface area (Å²) >= 11 is 4.98. The van der Waals surface area contributed by atoms with Crippen LogP contribution in [0.25, 0.3) is 0 Å². The molecule has 4 nitrogen and oxygen atoms in total. The summed E-state index contributed by atoms with van der Waals surface area (Å²) in [5.74, 6) is 0. The first-order chi connectivity index (χ1) is 8.69. The Kier molecular flexibility index (Phi) is 6.60. The highest BCUT2D eigenvalue weighted by Crippen LogP contribution is 2.11. The second kappa shape index (κ2) is 8.00. The van der Waals surface area contributed by atoms with Crippen LogP contribution in [0.1, 0.15) is 26.0 Å². The van der Waals surface area contributed by atoms with E-state index in [-0.39, 0.29) is 0 Å². The lowest BCUT2D eigenvalue weighted by Crippen LogP contribution is -2.30. The molecule has 0 atom stereocenters. The van der Waals surface area contributed by atoms with Gasteiger partial charge in [0.2, 0.25) is 0 Å². The summed E-state index contributed by atoms with van der Waals surface area (Å²) in [6, 6.07) is 3.84. The number of hydrogen-bond acceptors (Lipinski definition) is 4. The molecule has 18 heavy (non-hydrogen) atoms. The van der Waals surface area contributed by atoms with Gasteiger partial charge in [-0.3, -0.25) is 4.98 Å². The van der Waals surface area contributed by atoms with Crippen LogP contribution in [0.2, 0.25) is 0 Å². The summed E-state index contributed by atoms with van der Waals surface area (Å²) in [6.45, 7) is 8.46. The molecule has 1 heterocycles. The first kappa shape index (κ1) is 14.9. The number of anilines is 1. The predicted molar refractivity (Wildman–Crippen MR) is 81.0 cm³/mol. The van der Waals surface area contributed by atoms with Crippen LogP contribution >= 0.6 is 12.2 Å². The second-order valence-corrected chi connectivity index (χ2v) is 4.56. The number of pyridine rings is 1. The number of nitrogens with one attached hydrogen (secondary N) is 1. The van der Waals surface area contributed by atoms with Crippen molar-refractivity contribution in [1.82, 2.24) is 9.88 Å². The van der Waals surface area contributed by atoms with E-state index in [4.69, 9.17) is 18.0 Å². The SMILES string of the molecule is CCCN(CC)CCNc1cccnc1C(N)=S. The lowest BCUT2D eigenvalue weighted by Gasteiger charge is -2.20.